The van der Waals surface area contributed by atoms with E-state index >= 15 is 0 Å². The lowest BCUT2D eigenvalue weighted by atomic mass is 10.0. The molecule has 1 saturated carbocycles. The van der Waals surface area contributed by atoms with E-state index in [1.54, 1.807) is 0 Å². The van der Waals surface area contributed by atoms with Crippen LogP contribution in [0.2, 0.25) is 0 Å². The van der Waals surface area contributed by atoms with Crippen LogP contribution in [0.3, 0.4) is 0 Å². The lowest BCUT2D eigenvalue weighted by Gasteiger charge is -2.35. The molecule has 2 amide bonds. The van der Waals surface area contributed by atoms with E-state index in [4.69, 9.17) is 4.74 Å². The summed E-state index contributed by atoms with van der Waals surface area (Å²) in [4.78, 5) is 16.2. The molecular formula is C22H29N3O2S. The second-order valence-corrected chi connectivity index (χ2v) is 8.67. The van der Waals surface area contributed by atoms with Gasteiger partial charge in [-0.3, -0.25) is 4.90 Å². The molecule has 1 aromatic carbocycles. The van der Waals surface area contributed by atoms with Crippen molar-refractivity contribution in [2.24, 2.45) is 5.92 Å². The minimum atomic E-state index is -0.121. The van der Waals surface area contributed by atoms with Gasteiger partial charge in [-0.2, -0.15) is 0 Å². The zero-order valence-electron chi connectivity index (χ0n) is 16.2. The average molecular weight is 400 g/mol. The van der Waals surface area contributed by atoms with Crippen LogP contribution >= 0.6 is 11.3 Å². The smallest absolute Gasteiger partial charge is 0.314 e. The van der Waals surface area contributed by atoms with Gasteiger partial charge in [0.2, 0.25) is 0 Å². The van der Waals surface area contributed by atoms with Crippen LogP contribution in [0, 0.1) is 5.92 Å². The van der Waals surface area contributed by atoms with E-state index in [-0.39, 0.29) is 12.1 Å². The Hall–Kier alpha value is -1.89. The number of thiophene rings is 1. The molecule has 1 aliphatic carbocycles. The highest BCUT2D eigenvalue weighted by atomic mass is 32.1. The van der Waals surface area contributed by atoms with Gasteiger partial charge < -0.3 is 15.4 Å². The van der Waals surface area contributed by atoms with Crippen LogP contribution in [-0.2, 0) is 17.7 Å². The Morgan fingerprint density at radius 1 is 1.21 bits per heavy atom. The van der Waals surface area contributed by atoms with E-state index in [0.29, 0.717) is 19.7 Å². The summed E-state index contributed by atoms with van der Waals surface area (Å²) in [5.74, 6) is 0.758. The summed E-state index contributed by atoms with van der Waals surface area (Å²) in [5.41, 5.74) is 2.67. The molecule has 5 nitrogen and oxygen atoms in total. The Morgan fingerprint density at radius 3 is 2.89 bits per heavy atom. The number of carbonyl (C=O) groups is 1. The number of rotatable bonds is 9. The van der Waals surface area contributed by atoms with Crippen molar-refractivity contribution in [1.29, 1.82) is 0 Å². The minimum absolute atomic E-state index is 0.121. The van der Waals surface area contributed by atoms with Crippen LogP contribution in [0.1, 0.15) is 34.9 Å². The first-order chi connectivity index (χ1) is 13.8. The molecule has 0 bridgehead atoms. The first kappa shape index (κ1) is 19.4. The van der Waals surface area contributed by atoms with Gasteiger partial charge in [0.25, 0.3) is 0 Å². The third-order valence-corrected chi connectivity index (χ3v) is 6.52. The fourth-order valence-corrected chi connectivity index (χ4v) is 4.58. The van der Waals surface area contributed by atoms with E-state index in [0.717, 1.165) is 32.0 Å². The molecule has 0 radical (unpaired) electrons. The highest BCUT2D eigenvalue weighted by Gasteiger charge is 2.26. The Labute approximate surface area is 171 Å². The quantitative estimate of drug-likeness (QED) is 0.634. The molecule has 1 aliphatic heterocycles. The van der Waals surface area contributed by atoms with E-state index in [1.807, 2.05) is 17.4 Å². The largest absolute Gasteiger partial charge is 0.379 e. The fraction of sp³-hybridized carbons (Fsp3) is 0.500. The van der Waals surface area contributed by atoms with Gasteiger partial charge in [0.05, 0.1) is 12.6 Å². The predicted molar refractivity (Wildman–Crippen MR) is 113 cm³/mol. The zero-order valence-corrected chi connectivity index (χ0v) is 17.0. The molecule has 2 heterocycles. The van der Waals surface area contributed by atoms with Gasteiger partial charge in [-0.05, 0) is 47.8 Å². The van der Waals surface area contributed by atoms with E-state index in [1.165, 1.54) is 28.8 Å². The van der Waals surface area contributed by atoms with Crippen molar-refractivity contribution in [3.8, 4) is 0 Å². The average Bonchev–Trinajstić information content (AvgIpc) is 3.43. The van der Waals surface area contributed by atoms with Crippen molar-refractivity contribution in [2.75, 3.05) is 32.8 Å². The fourth-order valence-electron chi connectivity index (χ4n) is 3.69. The number of urea groups is 1. The lowest BCUT2D eigenvalue weighted by Crippen LogP contribution is -2.44. The second-order valence-electron chi connectivity index (χ2n) is 7.67. The van der Waals surface area contributed by atoms with Crippen LogP contribution in [0.25, 0.3) is 0 Å². The molecule has 1 unspecified atom stereocenters. The van der Waals surface area contributed by atoms with Gasteiger partial charge in [-0.1, -0.05) is 30.3 Å². The maximum absolute atomic E-state index is 12.2. The van der Waals surface area contributed by atoms with E-state index < -0.39 is 0 Å². The molecule has 1 aromatic heterocycles. The van der Waals surface area contributed by atoms with Crippen LogP contribution in [0.4, 0.5) is 4.79 Å². The molecule has 1 fully saturated rings. The molecule has 4 rings (SSSR count). The maximum Gasteiger partial charge on any atom is 0.314 e. The number of hydrogen-bond acceptors (Lipinski definition) is 4. The van der Waals surface area contributed by atoms with Crippen LogP contribution in [0.5, 0.6) is 0 Å². The first-order valence-corrected chi connectivity index (χ1v) is 11.1. The topological polar surface area (TPSA) is 53.6 Å². The number of benzene rings is 1. The second kappa shape index (κ2) is 9.54. The Kier molecular flexibility index (Phi) is 6.62. The molecule has 28 heavy (non-hydrogen) atoms. The van der Waals surface area contributed by atoms with Gasteiger partial charge in [0.15, 0.2) is 0 Å². The van der Waals surface area contributed by atoms with Crippen LogP contribution in [-0.4, -0.2) is 43.8 Å². The van der Waals surface area contributed by atoms with Gasteiger partial charge >= 0.3 is 6.03 Å². The lowest BCUT2D eigenvalue weighted by molar-refractivity contribution is 0.126. The van der Waals surface area contributed by atoms with Gasteiger partial charge in [0.1, 0.15) is 0 Å². The number of nitrogens with zero attached hydrogens (tertiary/aromatic N) is 1. The van der Waals surface area contributed by atoms with Crippen molar-refractivity contribution in [1.82, 2.24) is 15.5 Å². The molecular weight excluding hydrogens is 370 g/mol. The molecule has 2 aromatic rings. The molecule has 6 heteroatoms. The zero-order chi connectivity index (χ0) is 19.2. The SMILES string of the molecule is O=C(NCCOCC1CC1)NCC(c1ccccc1)N1CCc2sccc2C1. The monoisotopic (exact) mass is 399 g/mol. The minimum Gasteiger partial charge on any atom is -0.379 e. The van der Waals surface area contributed by atoms with E-state index in [9.17, 15) is 4.79 Å². The third-order valence-electron chi connectivity index (χ3n) is 5.50. The Bertz CT molecular complexity index is 760. The number of carbonyl (C=O) groups excluding carboxylic acids is 1. The van der Waals surface area contributed by atoms with Gasteiger partial charge in [-0.15, -0.1) is 11.3 Å². The summed E-state index contributed by atoms with van der Waals surface area (Å²) in [6.07, 6.45) is 3.66. The first-order valence-electron chi connectivity index (χ1n) is 10.2. The summed E-state index contributed by atoms with van der Waals surface area (Å²) in [5, 5.41) is 8.15. The van der Waals surface area contributed by atoms with E-state index in [2.05, 4.69) is 51.2 Å². The van der Waals surface area contributed by atoms with Crippen LogP contribution < -0.4 is 10.6 Å². The van der Waals surface area contributed by atoms with Crippen LogP contribution in [0.15, 0.2) is 41.8 Å². The molecule has 2 aliphatic rings. The number of nitrogens with one attached hydrogen (secondary N) is 2. The van der Waals surface area contributed by atoms with Crippen molar-refractivity contribution in [2.45, 2.75) is 31.8 Å². The van der Waals surface area contributed by atoms with Crippen molar-refractivity contribution >= 4 is 17.4 Å². The third kappa shape index (κ3) is 5.34. The summed E-state index contributed by atoms with van der Waals surface area (Å²) in [7, 11) is 0. The number of hydrogen-bond donors (Lipinski definition) is 2. The number of ether oxygens (including phenoxy) is 1. The normalized spacial score (nSPS) is 17.7. The maximum atomic E-state index is 12.2. The van der Waals surface area contributed by atoms with Crippen molar-refractivity contribution < 1.29 is 9.53 Å². The van der Waals surface area contributed by atoms with Crippen molar-refractivity contribution in [3.63, 3.8) is 0 Å². The summed E-state index contributed by atoms with van der Waals surface area (Å²) < 4.78 is 5.57. The summed E-state index contributed by atoms with van der Waals surface area (Å²) >= 11 is 1.85. The highest BCUT2D eigenvalue weighted by molar-refractivity contribution is 7.10. The number of amides is 2. The van der Waals surface area contributed by atoms with Crippen molar-refractivity contribution in [3.05, 3.63) is 57.8 Å². The summed E-state index contributed by atoms with van der Waals surface area (Å²) in [6, 6.07) is 12.8. The number of fused-ring (bicyclic) bond motifs is 1. The van der Waals surface area contributed by atoms with Gasteiger partial charge in [0, 0.05) is 37.7 Å². The Balaban J connectivity index is 1.29. The van der Waals surface area contributed by atoms with Gasteiger partial charge in [-0.25, -0.2) is 4.79 Å². The Morgan fingerprint density at radius 2 is 2.07 bits per heavy atom. The predicted octanol–water partition coefficient (Wildman–Crippen LogP) is 3.57. The standard InChI is InChI=1S/C22H29N3O2S/c26-22(23-10-12-27-16-17-6-7-17)24-14-20(18-4-2-1-3-5-18)25-11-8-21-19(15-25)9-13-28-21/h1-5,9,13,17,20H,6-8,10-12,14-16H2,(H2,23,24,26). The molecule has 0 spiro atoms. The molecule has 2 N–H and O–H groups in total. The highest BCUT2D eigenvalue weighted by Crippen LogP contribution is 2.30. The molecule has 1 atom stereocenters. The molecule has 150 valence electrons. The molecule has 0 saturated heterocycles. The summed E-state index contributed by atoms with van der Waals surface area (Å²) in [6.45, 7) is 4.52.